The van der Waals surface area contributed by atoms with E-state index in [-0.39, 0.29) is 10.3 Å². The first kappa shape index (κ1) is 15.4. The molecular formula is C15H22FNO2S. The molecule has 1 aliphatic rings. The van der Waals surface area contributed by atoms with Crippen molar-refractivity contribution in [2.24, 2.45) is 5.41 Å². The van der Waals surface area contributed by atoms with Gasteiger partial charge < -0.3 is 0 Å². The lowest BCUT2D eigenvalue weighted by atomic mass is 9.92. The fourth-order valence-electron chi connectivity index (χ4n) is 2.53. The van der Waals surface area contributed by atoms with Crippen LogP contribution >= 0.6 is 0 Å². The third-order valence-corrected chi connectivity index (χ3v) is 5.14. The molecule has 0 radical (unpaired) electrons. The molecule has 3 nitrogen and oxygen atoms in total. The minimum absolute atomic E-state index is 0.198. The highest BCUT2D eigenvalue weighted by atomic mass is 32.2. The van der Waals surface area contributed by atoms with E-state index in [1.54, 1.807) is 38.1 Å². The summed E-state index contributed by atoms with van der Waals surface area (Å²) in [5.41, 5.74) is -0.441. The number of rotatable bonds is 6. The quantitative estimate of drug-likeness (QED) is 0.877. The van der Waals surface area contributed by atoms with Crippen LogP contribution < -0.4 is 4.72 Å². The van der Waals surface area contributed by atoms with E-state index in [4.69, 9.17) is 0 Å². The fraction of sp³-hybridized carbons (Fsp3) is 0.600. The Morgan fingerprint density at radius 2 is 1.80 bits per heavy atom. The molecule has 0 saturated heterocycles. The van der Waals surface area contributed by atoms with Gasteiger partial charge in [0.1, 0.15) is 5.67 Å². The highest BCUT2D eigenvalue weighted by Gasteiger charge is 2.46. The van der Waals surface area contributed by atoms with Crippen LogP contribution in [-0.2, 0) is 10.0 Å². The molecule has 0 aromatic heterocycles. The molecule has 1 saturated carbocycles. The summed E-state index contributed by atoms with van der Waals surface area (Å²) in [6, 6.07) is 6.73. The minimum Gasteiger partial charge on any atom is -0.244 e. The molecule has 0 amide bonds. The predicted octanol–water partition coefficient (Wildman–Crippen LogP) is 3.19. The molecule has 5 heteroatoms. The average Bonchev–Trinajstić information content (AvgIpc) is 3.05. The summed E-state index contributed by atoms with van der Waals surface area (Å²) in [6.07, 6.45) is 2.17. The number of alkyl halides is 1. The molecule has 1 aromatic carbocycles. The molecule has 0 unspecified atom stereocenters. The standard InChI is InChI=1S/C15H22FNO2S/c1-12-4-6-13(7-5-12)20(18,19)17-11-15(8-9-15)10-14(2,3)16/h4-7,17H,8-11H2,1-3H3. The molecule has 0 heterocycles. The zero-order chi connectivity index (χ0) is 15.0. The fourth-order valence-corrected chi connectivity index (χ4v) is 3.69. The number of hydrogen-bond donors (Lipinski definition) is 1. The van der Waals surface area contributed by atoms with Crippen LogP contribution in [0.1, 0.15) is 38.7 Å². The van der Waals surface area contributed by atoms with E-state index in [0.29, 0.717) is 13.0 Å². The van der Waals surface area contributed by atoms with Crippen molar-refractivity contribution in [3.8, 4) is 0 Å². The molecule has 112 valence electrons. The smallest absolute Gasteiger partial charge is 0.240 e. The third kappa shape index (κ3) is 4.03. The van der Waals surface area contributed by atoms with Gasteiger partial charge in [-0.1, -0.05) is 17.7 Å². The Kier molecular flexibility index (Phi) is 3.95. The Morgan fingerprint density at radius 1 is 1.25 bits per heavy atom. The summed E-state index contributed by atoms with van der Waals surface area (Å²) < 4.78 is 40.7. The largest absolute Gasteiger partial charge is 0.244 e. The van der Waals surface area contributed by atoms with Crippen LogP contribution in [0.15, 0.2) is 29.2 Å². The van der Waals surface area contributed by atoms with Crippen molar-refractivity contribution in [3.05, 3.63) is 29.8 Å². The maximum Gasteiger partial charge on any atom is 0.240 e. The van der Waals surface area contributed by atoms with Crippen molar-refractivity contribution in [3.63, 3.8) is 0 Å². The second-order valence-electron chi connectivity index (χ2n) is 6.53. The molecule has 0 aliphatic heterocycles. The topological polar surface area (TPSA) is 46.2 Å². The van der Waals surface area contributed by atoms with Crippen molar-refractivity contribution >= 4 is 10.0 Å². The number of halogens is 1. The van der Waals surface area contributed by atoms with Crippen LogP contribution in [0.3, 0.4) is 0 Å². The van der Waals surface area contributed by atoms with Crippen molar-refractivity contribution in [2.45, 2.75) is 50.6 Å². The first-order valence-corrected chi connectivity index (χ1v) is 8.36. The number of benzene rings is 1. The van der Waals surface area contributed by atoms with E-state index in [0.717, 1.165) is 18.4 Å². The first-order valence-electron chi connectivity index (χ1n) is 6.87. The van der Waals surface area contributed by atoms with E-state index < -0.39 is 15.7 Å². The van der Waals surface area contributed by atoms with Gasteiger partial charge in [0.05, 0.1) is 4.90 Å². The SMILES string of the molecule is Cc1ccc(S(=O)(=O)NCC2(CC(C)(C)F)CC2)cc1. The lowest BCUT2D eigenvalue weighted by Gasteiger charge is -2.22. The Hall–Kier alpha value is -0.940. The molecule has 1 aliphatic carbocycles. The van der Waals surface area contributed by atoms with Gasteiger partial charge in [0.15, 0.2) is 0 Å². The normalized spacial score (nSPS) is 18.0. The minimum atomic E-state index is -3.50. The van der Waals surface area contributed by atoms with Crippen LogP contribution in [0.2, 0.25) is 0 Å². The Balaban J connectivity index is 2.01. The molecule has 0 bridgehead atoms. The summed E-state index contributed by atoms with van der Waals surface area (Å²) in [5.74, 6) is 0. The van der Waals surface area contributed by atoms with E-state index in [9.17, 15) is 12.8 Å². The molecule has 2 rings (SSSR count). The van der Waals surface area contributed by atoms with E-state index in [1.165, 1.54) is 0 Å². The highest BCUT2D eigenvalue weighted by Crippen LogP contribution is 2.51. The van der Waals surface area contributed by atoms with Crippen molar-refractivity contribution in [1.29, 1.82) is 0 Å². The number of sulfonamides is 1. The van der Waals surface area contributed by atoms with Crippen LogP contribution in [0.25, 0.3) is 0 Å². The van der Waals surface area contributed by atoms with Crippen LogP contribution in [-0.4, -0.2) is 20.6 Å². The molecule has 1 N–H and O–H groups in total. The van der Waals surface area contributed by atoms with Gasteiger partial charge in [-0.25, -0.2) is 17.5 Å². The second-order valence-corrected chi connectivity index (χ2v) is 8.30. The summed E-state index contributed by atoms with van der Waals surface area (Å²) in [5, 5.41) is 0. The van der Waals surface area contributed by atoms with Crippen molar-refractivity contribution in [1.82, 2.24) is 4.72 Å². The molecule has 1 aromatic rings. The van der Waals surface area contributed by atoms with Gasteiger partial charge in [0, 0.05) is 6.54 Å². The van der Waals surface area contributed by atoms with Gasteiger partial charge in [-0.05, 0) is 57.6 Å². The lowest BCUT2D eigenvalue weighted by molar-refractivity contribution is 0.160. The van der Waals surface area contributed by atoms with Gasteiger partial charge >= 0.3 is 0 Å². The first-order chi connectivity index (χ1) is 9.12. The van der Waals surface area contributed by atoms with E-state index >= 15 is 0 Å². The summed E-state index contributed by atoms with van der Waals surface area (Å²) in [4.78, 5) is 0.262. The van der Waals surface area contributed by atoms with Crippen LogP contribution in [0.5, 0.6) is 0 Å². The average molecular weight is 299 g/mol. The Labute approximate surface area is 120 Å². The van der Waals surface area contributed by atoms with Gasteiger partial charge in [0.2, 0.25) is 10.0 Å². The molecule has 20 heavy (non-hydrogen) atoms. The van der Waals surface area contributed by atoms with Gasteiger partial charge in [-0.15, -0.1) is 0 Å². The highest BCUT2D eigenvalue weighted by molar-refractivity contribution is 7.89. The van der Waals surface area contributed by atoms with Gasteiger partial charge in [0.25, 0.3) is 0 Å². The summed E-state index contributed by atoms with van der Waals surface area (Å²) in [6.45, 7) is 5.31. The molecule has 0 atom stereocenters. The second kappa shape index (κ2) is 5.11. The molecule has 1 fully saturated rings. The Morgan fingerprint density at radius 3 is 2.25 bits per heavy atom. The third-order valence-electron chi connectivity index (χ3n) is 3.72. The number of nitrogens with one attached hydrogen (secondary N) is 1. The van der Waals surface area contributed by atoms with Crippen molar-refractivity contribution in [2.75, 3.05) is 6.54 Å². The Bertz CT molecular complexity index is 569. The lowest BCUT2D eigenvalue weighted by Crippen LogP contribution is -2.33. The summed E-state index contributed by atoms with van der Waals surface area (Å²) >= 11 is 0. The number of aryl methyl sites for hydroxylation is 1. The monoisotopic (exact) mass is 299 g/mol. The van der Waals surface area contributed by atoms with E-state index in [1.807, 2.05) is 6.92 Å². The maximum absolute atomic E-state index is 13.7. The zero-order valence-electron chi connectivity index (χ0n) is 12.2. The summed E-state index contributed by atoms with van der Waals surface area (Å²) in [7, 11) is -3.50. The predicted molar refractivity (Wildman–Crippen MR) is 77.8 cm³/mol. The van der Waals surface area contributed by atoms with Crippen LogP contribution in [0, 0.1) is 12.3 Å². The van der Waals surface area contributed by atoms with Gasteiger partial charge in [-0.2, -0.15) is 0 Å². The number of hydrogen-bond acceptors (Lipinski definition) is 2. The van der Waals surface area contributed by atoms with Gasteiger partial charge in [-0.3, -0.25) is 0 Å². The maximum atomic E-state index is 13.7. The van der Waals surface area contributed by atoms with Crippen LogP contribution in [0.4, 0.5) is 4.39 Å². The van der Waals surface area contributed by atoms with E-state index in [2.05, 4.69) is 4.72 Å². The molecular weight excluding hydrogens is 277 g/mol. The zero-order valence-corrected chi connectivity index (χ0v) is 13.1. The molecule has 0 spiro atoms. The van der Waals surface area contributed by atoms with Crippen molar-refractivity contribution < 1.29 is 12.8 Å².